The van der Waals surface area contributed by atoms with Crippen molar-refractivity contribution in [2.75, 3.05) is 43.5 Å². The fourth-order valence-electron chi connectivity index (χ4n) is 5.34. The van der Waals surface area contributed by atoms with Crippen molar-refractivity contribution >= 4 is 44.7 Å². The highest BCUT2D eigenvalue weighted by Gasteiger charge is 2.22. The summed E-state index contributed by atoms with van der Waals surface area (Å²) < 4.78 is 6.93. The fraction of sp³-hybridized carbons (Fsp3) is 0.188. The Labute approximate surface area is 262 Å². The van der Waals surface area contributed by atoms with Crippen molar-refractivity contribution in [3.05, 3.63) is 90.5 Å². The maximum Gasteiger partial charge on any atom is 0.265 e. The molecular formula is C32H29N9O3S. The highest BCUT2D eigenvalue weighted by molar-refractivity contribution is 7.20. The number of methoxy groups -OCH3 is 1. The first-order valence-corrected chi connectivity index (χ1v) is 15.2. The third-order valence-electron chi connectivity index (χ3n) is 7.71. The van der Waals surface area contributed by atoms with Crippen LogP contribution in [0.5, 0.6) is 5.88 Å². The molecule has 0 spiro atoms. The molecule has 2 amide bonds. The van der Waals surface area contributed by atoms with Crippen LogP contribution in [0.2, 0.25) is 0 Å². The number of carbonyl (C=O) groups excluding carboxylic acids is 2. The Bertz CT molecular complexity index is 1940. The smallest absolute Gasteiger partial charge is 0.265 e. The van der Waals surface area contributed by atoms with E-state index in [0.717, 1.165) is 45.8 Å². The molecule has 6 aromatic rings. The number of anilines is 2. The third kappa shape index (κ3) is 5.97. The van der Waals surface area contributed by atoms with Gasteiger partial charge in [-0.2, -0.15) is 5.10 Å². The number of nitrogens with one attached hydrogen (secondary N) is 2. The molecule has 5 aromatic heterocycles. The Morgan fingerprint density at radius 2 is 1.76 bits per heavy atom. The zero-order valence-electron chi connectivity index (χ0n) is 24.4. The van der Waals surface area contributed by atoms with Crippen molar-refractivity contribution in [1.82, 2.24) is 34.6 Å². The van der Waals surface area contributed by atoms with E-state index in [9.17, 15) is 9.59 Å². The van der Waals surface area contributed by atoms with Crippen LogP contribution in [-0.2, 0) is 11.3 Å². The number of amides is 2. The highest BCUT2D eigenvalue weighted by Crippen LogP contribution is 2.33. The lowest BCUT2D eigenvalue weighted by atomic mass is 10.1. The van der Waals surface area contributed by atoms with Gasteiger partial charge in [0.05, 0.1) is 17.7 Å². The van der Waals surface area contributed by atoms with Crippen molar-refractivity contribution in [1.29, 1.82) is 0 Å². The molecule has 0 radical (unpaired) electrons. The lowest BCUT2D eigenvalue weighted by Gasteiger charge is -2.36. The van der Waals surface area contributed by atoms with Gasteiger partial charge in [-0.15, -0.1) is 11.3 Å². The number of H-pyrrole nitrogens is 1. The molecule has 2 N–H and O–H groups in total. The largest absolute Gasteiger partial charge is 0.481 e. The van der Waals surface area contributed by atoms with Crippen molar-refractivity contribution in [2.45, 2.75) is 6.54 Å². The van der Waals surface area contributed by atoms with Crippen LogP contribution in [0.3, 0.4) is 0 Å². The number of fused-ring (bicyclic) bond motifs is 1. The summed E-state index contributed by atoms with van der Waals surface area (Å²) in [5, 5.41) is 11.2. The maximum absolute atomic E-state index is 13.1. The number of piperazine rings is 1. The van der Waals surface area contributed by atoms with E-state index in [4.69, 9.17) is 4.74 Å². The topological polar surface area (TPSA) is 134 Å². The van der Waals surface area contributed by atoms with Gasteiger partial charge in [-0.1, -0.05) is 0 Å². The van der Waals surface area contributed by atoms with Crippen LogP contribution in [-0.4, -0.2) is 79.7 Å². The van der Waals surface area contributed by atoms with E-state index in [1.165, 1.54) is 11.3 Å². The van der Waals surface area contributed by atoms with Crippen molar-refractivity contribution < 1.29 is 14.3 Å². The molecule has 0 unspecified atom stereocenters. The second-order valence-corrected chi connectivity index (χ2v) is 11.6. The van der Waals surface area contributed by atoms with Gasteiger partial charge in [-0.3, -0.25) is 14.7 Å². The van der Waals surface area contributed by atoms with E-state index in [1.807, 2.05) is 29.2 Å². The SMILES string of the molecule is COc1ccc(-c2n[nH]c3sc(C(=O)Nc4ccn(CC(=O)N5CCN(c6ccc(-c7ncccn7)cc6)CC5)c4)cc23)cn1. The van der Waals surface area contributed by atoms with E-state index in [-0.39, 0.29) is 18.4 Å². The number of hydrogen-bond acceptors (Lipinski definition) is 9. The molecule has 7 rings (SSSR count). The van der Waals surface area contributed by atoms with E-state index in [0.29, 0.717) is 35.4 Å². The molecule has 1 saturated heterocycles. The van der Waals surface area contributed by atoms with Gasteiger partial charge < -0.3 is 24.4 Å². The number of rotatable bonds is 8. The molecule has 1 aliphatic rings. The molecule has 1 aliphatic heterocycles. The molecule has 6 heterocycles. The number of hydrogen-bond donors (Lipinski definition) is 2. The minimum atomic E-state index is -0.229. The highest BCUT2D eigenvalue weighted by atomic mass is 32.1. The summed E-state index contributed by atoms with van der Waals surface area (Å²) >= 11 is 1.33. The molecule has 0 bridgehead atoms. The molecule has 0 aliphatic carbocycles. The van der Waals surface area contributed by atoms with Gasteiger partial charge in [-0.05, 0) is 48.5 Å². The number of pyridine rings is 1. The number of aromatic amines is 1. The molecule has 226 valence electrons. The summed E-state index contributed by atoms with van der Waals surface area (Å²) in [7, 11) is 1.57. The van der Waals surface area contributed by atoms with Crippen molar-refractivity contribution in [2.24, 2.45) is 0 Å². The first kappa shape index (κ1) is 28.2. The van der Waals surface area contributed by atoms with Gasteiger partial charge in [0, 0.05) is 85.4 Å². The molecule has 13 heteroatoms. The number of benzene rings is 1. The summed E-state index contributed by atoms with van der Waals surface area (Å²) in [6, 6.07) is 17.3. The molecule has 12 nitrogen and oxygen atoms in total. The Balaban J connectivity index is 0.926. The van der Waals surface area contributed by atoms with Crippen molar-refractivity contribution in [3.63, 3.8) is 0 Å². The number of aromatic nitrogens is 6. The molecule has 0 saturated carbocycles. The molecule has 45 heavy (non-hydrogen) atoms. The van der Waals surface area contributed by atoms with E-state index < -0.39 is 0 Å². The Hall–Kier alpha value is -5.56. The minimum absolute atomic E-state index is 0.0419. The number of ether oxygens (including phenoxy) is 1. The van der Waals surface area contributed by atoms with Crippen LogP contribution in [0.15, 0.2) is 85.6 Å². The first-order valence-electron chi connectivity index (χ1n) is 14.4. The fourth-order valence-corrected chi connectivity index (χ4v) is 6.23. The standard InChI is InChI=1S/C32H29N9O3S/c1-44-27-8-5-22(18-35-27)29-25-17-26(45-32(25)38-37-29)31(43)36-23-9-12-39(19-23)20-28(42)41-15-13-40(14-16-41)24-6-3-21(4-7-24)30-33-10-2-11-34-30/h2-12,17-19H,13-16,20H2,1H3,(H,36,43)(H,37,38). The lowest BCUT2D eigenvalue weighted by molar-refractivity contribution is -0.132. The normalized spacial score (nSPS) is 13.3. The van der Waals surface area contributed by atoms with Crippen LogP contribution in [0.25, 0.3) is 32.9 Å². The van der Waals surface area contributed by atoms with E-state index in [1.54, 1.807) is 60.9 Å². The van der Waals surface area contributed by atoms with Gasteiger partial charge in [0.15, 0.2) is 5.82 Å². The van der Waals surface area contributed by atoms with Crippen LogP contribution < -0.4 is 15.0 Å². The molecular weight excluding hydrogens is 590 g/mol. The zero-order valence-corrected chi connectivity index (χ0v) is 25.2. The zero-order chi connectivity index (χ0) is 30.8. The first-order chi connectivity index (χ1) is 22.0. The van der Waals surface area contributed by atoms with Crippen LogP contribution in [0.4, 0.5) is 11.4 Å². The van der Waals surface area contributed by atoms with Crippen LogP contribution in [0, 0.1) is 0 Å². The second-order valence-electron chi connectivity index (χ2n) is 10.5. The number of thiophene rings is 1. The van der Waals surface area contributed by atoms with Gasteiger partial charge in [0.25, 0.3) is 5.91 Å². The third-order valence-corrected chi connectivity index (χ3v) is 8.75. The van der Waals surface area contributed by atoms with Gasteiger partial charge >= 0.3 is 0 Å². The Morgan fingerprint density at radius 3 is 2.49 bits per heavy atom. The monoisotopic (exact) mass is 619 g/mol. The number of carbonyl (C=O) groups is 2. The average Bonchev–Trinajstić information content (AvgIpc) is 3.82. The predicted molar refractivity (Wildman–Crippen MR) is 172 cm³/mol. The van der Waals surface area contributed by atoms with E-state index >= 15 is 0 Å². The Morgan fingerprint density at radius 1 is 0.978 bits per heavy atom. The molecule has 0 atom stereocenters. The van der Waals surface area contributed by atoms with Gasteiger partial charge in [0.2, 0.25) is 11.8 Å². The summed E-state index contributed by atoms with van der Waals surface area (Å²) in [4.78, 5) is 44.5. The number of nitrogens with zero attached hydrogens (tertiary/aromatic N) is 7. The van der Waals surface area contributed by atoms with Crippen molar-refractivity contribution in [3.8, 4) is 28.5 Å². The van der Waals surface area contributed by atoms with Gasteiger partial charge in [0.1, 0.15) is 17.1 Å². The van der Waals surface area contributed by atoms with Crippen LogP contribution in [0.1, 0.15) is 9.67 Å². The minimum Gasteiger partial charge on any atom is -0.481 e. The predicted octanol–water partition coefficient (Wildman–Crippen LogP) is 4.55. The second kappa shape index (κ2) is 12.2. The Kier molecular flexibility index (Phi) is 7.66. The van der Waals surface area contributed by atoms with Crippen LogP contribution >= 0.6 is 11.3 Å². The molecule has 1 fully saturated rings. The quantitative estimate of drug-likeness (QED) is 0.253. The lowest BCUT2D eigenvalue weighted by Crippen LogP contribution is -2.49. The van der Waals surface area contributed by atoms with E-state index in [2.05, 4.69) is 47.5 Å². The van der Waals surface area contributed by atoms with Gasteiger partial charge in [-0.25, -0.2) is 15.0 Å². The summed E-state index contributed by atoms with van der Waals surface area (Å²) in [5.74, 6) is 1.03. The maximum atomic E-state index is 13.1. The summed E-state index contributed by atoms with van der Waals surface area (Å²) in [5.41, 5.74) is 4.25. The summed E-state index contributed by atoms with van der Waals surface area (Å²) in [6.45, 7) is 2.99. The molecule has 1 aromatic carbocycles. The average molecular weight is 620 g/mol. The summed E-state index contributed by atoms with van der Waals surface area (Å²) in [6.07, 6.45) is 8.74.